The van der Waals surface area contributed by atoms with E-state index in [0.29, 0.717) is 11.4 Å². The van der Waals surface area contributed by atoms with Gasteiger partial charge in [0.15, 0.2) is 0 Å². The SMILES string of the molecule is C1=CCNCC1.O=C(O)c1ccc2[nH]cc(CCCCCl)c2c1. The van der Waals surface area contributed by atoms with Crippen LogP contribution in [0.25, 0.3) is 10.9 Å². The Hall–Kier alpha value is -1.78. The molecule has 1 aromatic carbocycles. The van der Waals surface area contributed by atoms with Crippen molar-refractivity contribution in [2.24, 2.45) is 0 Å². The summed E-state index contributed by atoms with van der Waals surface area (Å²) in [5.74, 6) is -0.220. The number of fused-ring (bicyclic) bond motifs is 1. The van der Waals surface area contributed by atoms with Crippen molar-refractivity contribution in [2.75, 3.05) is 19.0 Å². The maximum atomic E-state index is 10.9. The number of hydrogen-bond donors (Lipinski definition) is 3. The van der Waals surface area contributed by atoms with E-state index in [9.17, 15) is 4.79 Å². The Labute approximate surface area is 141 Å². The summed E-state index contributed by atoms with van der Waals surface area (Å²) >= 11 is 5.64. The summed E-state index contributed by atoms with van der Waals surface area (Å²) in [7, 11) is 0. The van der Waals surface area contributed by atoms with Gasteiger partial charge in [0.25, 0.3) is 0 Å². The number of hydrogen-bond acceptors (Lipinski definition) is 2. The van der Waals surface area contributed by atoms with Crippen molar-refractivity contribution in [2.45, 2.75) is 25.7 Å². The summed E-state index contributed by atoms with van der Waals surface area (Å²) in [4.78, 5) is 14.1. The van der Waals surface area contributed by atoms with Gasteiger partial charge < -0.3 is 15.4 Å². The highest BCUT2D eigenvalue weighted by Crippen LogP contribution is 2.21. The Morgan fingerprint density at radius 3 is 2.70 bits per heavy atom. The van der Waals surface area contributed by atoms with E-state index >= 15 is 0 Å². The number of aromatic carboxylic acids is 1. The molecule has 0 saturated carbocycles. The molecule has 124 valence electrons. The van der Waals surface area contributed by atoms with Crippen LogP contribution in [0.15, 0.2) is 36.5 Å². The van der Waals surface area contributed by atoms with E-state index in [-0.39, 0.29) is 0 Å². The number of halogens is 1. The van der Waals surface area contributed by atoms with Gasteiger partial charge in [0.05, 0.1) is 5.56 Å². The summed E-state index contributed by atoms with van der Waals surface area (Å²) in [5, 5.41) is 13.2. The number of nitrogens with one attached hydrogen (secondary N) is 2. The van der Waals surface area contributed by atoms with Crippen LogP contribution in [0, 0.1) is 0 Å². The number of alkyl halides is 1. The van der Waals surface area contributed by atoms with Crippen LogP contribution in [-0.2, 0) is 6.42 Å². The van der Waals surface area contributed by atoms with E-state index in [1.54, 1.807) is 12.1 Å². The Balaban J connectivity index is 0.000000268. The van der Waals surface area contributed by atoms with Gasteiger partial charge in [-0.1, -0.05) is 12.2 Å². The molecule has 0 saturated heterocycles. The van der Waals surface area contributed by atoms with Gasteiger partial charge in [-0.05, 0) is 56.0 Å². The van der Waals surface area contributed by atoms with Crippen LogP contribution in [0.4, 0.5) is 0 Å². The van der Waals surface area contributed by atoms with Crippen molar-refractivity contribution < 1.29 is 9.90 Å². The Bertz CT molecular complexity index is 656. The van der Waals surface area contributed by atoms with Gasteiger partial charge in [0.2, 0.25) is 0 Å². The number of aromatic amines is 1. The molecule has 0 bridgehead atoms. The standard InChI is InChI=1S/C13H14ClNO2.C5H9N/c14-6-2-1-3-10-8-15-12-5-4-9(13(16)17)7-11(10)12;1-2-4-6-5-3-1/h4-5,7-8,15H,1-3,6H2,(H,16,17);1-2,6H,3-5H2. The molecule has 0 amide bonds. The molecule has 1 aliphatic rings. The molecule has 0 atom stereocenters. The van der Waals surface area contributed by atoms with Gasteiger partial charge in [0, 0.05) is 29.5 Å². The third-order valence-electron chi connectivity index (χ3n) is 3.76. The van der Waals surface area contributed by atoms with Crippen LogP contribution >= 0.6 is 11.6 Å². The number of H-pyrrole nitrogens is 1. The van der Waals surface area contributed by atoms with Crippen molar-refractivity contribution in [1.29, 1.82) is 0 Å². The van der Waals surface area contributed by atoms with Crippen molar-refractivity contribution in [3.05, 3.63) is 47.7 Å². The van der Waals surface area contributed by atoms with E-state index in [4.69, 9.17) is 16.7 Å². The lowest BCUT2D eigenvalue weighted by atomic mass is 10.1. The number of carboxylic acid groups (broad SMARTS) is 1. The second-order valence-electron chi connectivity index (χ2n) is 5.49. The summed E-state index contributed by atoms with van der Waals surface area (Å²) < 4.78 is 0. The molecule has 0 unspecified atom stereocenters. The van der Waals surface area contributed by atoms with E-state index in [1.165, 1.54) is 6.42 Å². The predicted molar refractivity (Wildman–Crippen MR) is 95.5 cm³/mol. The number of aromatic nitrogens is 1. The largest absolute Gasteiger partial charge is 0.478 e. The molecule has 0 radical (unpaired) electrons. The molecule has 1 aliphatic heterocycles. The monoisotopic (exact) mass is 334 g/mol. The molecule has 2 aromatic rings. The fourth-order valence-electron chi connectivity index (χ4n) is 2.50. The highest BCUT2D eigenvalue weighted by molar-refractivity contribution is 6.17. The number of benzene rings is 1. The molecule has 1 aromatic heterocycles. The lowest BCUT2D eigenvalue weighted by Crippen LogP contribution is -2.17. The highest BCUT2D eigenvalue weighted by Gasteiger charge is 2.08. The van der Waals surface area contributed by atoms with Crippen molar-refractivity contribution in [3.63, 3.8) is 0 Å². The maximum Gasteiger partial charge on any atom is 0.335 e. The fourth-order valence-corrected chi connectivity index (χ4v) is 2.69. The van der Waals surface area contributed by atoms with Crippen molar-refractivity contribution >= 4 is 28.5 Å². The summed E-state index contributed by atoms with van der Waals surface area (Å²) in [6, 6.07) is 5.15. The van der Waals surface area contributed by atoms with E-state index in [1.807, 2.05) is 12.3 Å². The van der Waals surface area contributed by atoms with E-state index in [2.05, 4.69) is 22.5 Å². The molecule has 3 rings (SSSR count). The van der Waals surface area contributed by atoms with Crippen LogP contribution in [0.3, 0.4) is 0 Å². The summed E-state index contributed by atoms with van der Waals surface area (Å²) in [5.41, 5.74) is 2.47. The van der Waals surface area contributed by atoms with E-state index < -0.39 is 5.97 Å². The number of carboxylic acids is 1. The number of unbranched alkanes of at least 4 members (excludes halogenated alkanes) is 1. The minimum absolute atomic E-state index is 0.329. The second kappa shape index (κ2) is 9.38. The maximum absolute atomic E-state index is 10.9. The molecule has 0 fully saturated rings. The zero-order chi connectivity index (χ0) is 16.5. The average molecular weight is 335 g/mol. The van der Waals surface area contributed by atoms with E-state index in [0.717, 1.165) is 48.8 Å². The lowest BCUT2D eigenvalue weighted by Gasteiger charge is -2.01. The van der Waals surface area contributed by atoms with Gasteiger partial charge in [-0.15, -0.1) is 11.6 Å². The van der Waals surface area contributed by atoms with Crippen LogP contribution in [-0.4, -0.2) is 35.0 Å². The third kappa shape index (κ3) is 5.41. The number of rotatable bonds is 5. The zero-order valence-electron chi connectivity index (χ0n) is 13.1. The molecule has 5 heteroatoms. The van der Waals surface area contributed by atoms with Crippen LogP contribution < -0.4 is 5.32 Å². The first-order valence-electron chi connectivity index (χ1n) is 7.97. The van der Waals surface area contributed by atoms with Crippen molar-refractivity contribution in [3.8, 4) is 0 Å². The second-order valence-corrected chi connectivity index (χ2v) is 5.87. The predicted octanol–water partition coefficient (Wildman–Crippen LogP) is 3.96. The third-order valence-corrected chi connectivity index (χ3v) is 4.03. The average Bonchev–Trinajstić information content (AvgIpc) is 3.00. The quantitative estimate of drug-likeness (QED) is 0.440. The topological polar surface area (TPSA) is 65.1 Å². The van der Waals surface area contributed by atoms with Crippen LogP contribution in [0.5, 0.6) is 0 Å². The Kier molecular flexibility index (Phi) is 7.17. The highest BCUT2D eigenvalue weighted by atomic mass is 35.5. The minimum atomic E-state index is -0.889. The van der Waals surface area contributed by atoms with Crippen LogP contribution in [0.2, 0.25) is 0 Å². The molecule has 0 spiro atoms. The molecule has 2 heterocycles. The van der Waals surface area contributed by atoms with Crippen molar-refractivity contribution in [1.82, 2.24) is 10.3 Å². The van der Waals surface area contributed by atoms with Gasteiger partial charge in [-0.25, -0.2) is 4.79 Å². The smallest absolute Gasteiger partial charge is 0.335 e. The fraction of sp³-hybridized carbons (Fsp3) is 0.389. The van der Waals surface area contributed by atoms with Crippen LogP contribution in [0.1, 0.15) is 35.2 Å². The van der Waals surface area contributed by atoms with Gasteiger partial charge >= 0.3 is 5.97 Å². The molecule has 23 heavy (non-hydrogen) atoms. The molecular weight excluding hydrogens is 312 g/mol. The number of carbonyl (C=O) groups is 1. The first-order chi connectivity index (χ1) is 11.2. The lowest BCUT2D eigenvalue weighted by molar-refractivity contribution is 0.0697. The Morgan fingerprint density at radius 2 is 2.13 bits per heavy atom. The van der Waals surface area contributed by atoms with Gasteiger partial charge in [-0.3, -0.25) is 0 Å². The zero-order valence-corrected chi connectivity index (χ0v) is 13.9. The molecule has 0 aliphatic carbocycles. The Morgan fingerprint density at radius 1 is 1.26 bits per heavy atom. The summed E-state index contributed by atoms with van der Waals surface area (Å²) in [6.45, 7) is 2.23. The minimum Gasteiger partial charge on any atom is -0.478 e. The first kappa shape index (κ1) is 17.6. The summed E-state index contributed by atoms with van der Waals surface area (Å²) in [6.07, 6.45) is 10.4. The number of aryl methyl sites for hydroxylation is 1. The molecule has 3 N–H and O–H groups in total. The normalized spacial score (nSPS) is 13.6. The van der Waals surface area contributed by atoms with Gasteiger partial charge in [-0.2, -0.15) is 0 Å². The van der Waals surface area contributed by atoms with Gasteiger partial charge in [0.1, 0.15) is 0 Å². The molecule has 4 nitrogen and oxygen atoms in total. The molecular formula is C18H23ClN2O2. The first-order valence-corrected chi connectivity index (χ1v) is 8.51.